The van der Waals surface area contributed by atoms with Crippen LogP contribution in [-0.4, -0.2) is 39.0 Å². The summed E-state index contributed by atoms with van der Waals surface area (Å²) in [7, 11) is -3.52. The third-order valence-corrected chi connectivity index (χ3v) is 6.77. The van der Waals surface area contributed by atoms with Crippen LogP contribution in [0.5, 0.6) is 5.75 Å². The fraction of sp³-hybridized carbons (Fsp3) is 0.600. The van der Waals surface area contributed by atoms with Gasteiger partial charge in [-0.1, -0.05) is 12.5 Å². The number of carbonyl (C=O) groups excluding carboxylic acids is 2. The molecule has 0 radical (unpaired) electrons. The molecular formula is C20H29FN4O5S. The monoisotopic (exact) mass is 456 g/mol. The van der Waals surface area contributed by atoms with Gasteiger partial charge in [-0.3, -0.25) is 5.32 Å². The molecule has 1 atom stereocenters. The van der Waals surface area contributed by atoms with Crippen LogP contribution in [0.2, 0.25) is 0 Å². The van der Waals surface area contributed by atoms with Gasteiger partial charge in [0, 0.05) is 6.04 Å². The van der Waals surface area contributed by atoms with E-state index < -0.39 is 40.1 Å². The Morgan fingerprint density at radius 1 is 1.16 bits per heavy atom. The van der Waals surface area contributed by atoms with Crippen LogP contribution < -0.4 is 25.4 Å². The number of ether oxygens (including phenoxy) is 1. The number of hydrogen-bond acceptors (Lipinski definition) is 5. The van der Waals surface area contributed by atoms with Gasteiger partial charge in [0.25, 0.3) is 0 Å². The maximum Gasteiger partial charge on any atom is 0.324 e. The molecule has 172 valence electrons. The molecule has 0 aromatic heterocycles. The predicted octanol–water partition coefficient (Wildman–Crippen LogP) is 2.50. The lowest BCUT2D eigenvalue weighted by Crippen LogP contribution is -2.61. The number of hydrogen-bond donors (Lipinski definition) is 4. The van der Waals surface area contributed by atoms with Crippen LogP contribution in [0.15, 0.2) is 18.2 Å². The lowest BCUT2D eigenvalue weighted by atomic mass is 10.1. The van der Waals surface area contributed by atoms with E-state index in [1.807, 2.05) is 0 Å². The lowest BCUT2D eigenvalue weighted by Gasteiger charge is -2.24. The van der Waals surface area contributed by atoms with Crippen molar-refractivity contribution in [3.63, 3.8) is 0 Å². The van der Waals surface area contributed by atoms with Gasteiger partial charge in [-0.05, 0) is 62.6 Å². The van der Waals surface area contributed by atoms with E-state index in [9.17, 15) is 22.4 Å². The van der Waals surface area contributed by atoms with E-state index in [-0.39, 0.29) is 11.5 Å². The zero-order chi connectivity index (χ0) is 22.4. The number of rotatable bonds is 12. The first-order chi connectivity index (χ1) is 14.7. The van der Waals surface area contributed by atoms with E-state index in [2.05, 4.69) is 20.7 Å². The van der Waals surface area contributed by atoms with Gasteiger partial charge in [0.05, 0.1) is 12.4 Å². The highest BCUT2D eigenvalue weighted by Crippen LogP contribution is 2.31. The van der Waals surface area contributed by atoms with Crippen molar-refractivity contribution < 1.29 is 27.1 Å². The summed E-state index contributed by atoms with van der Waals surface area (Å²) in [6.45, 7) is 2.18. The summed E-state index contributed by atoms with van der Waals surface area (Å²) in [6.07, 6.45) is 3.97. The number of benzene rings is 1. The molecule has 2 fully saturated rings. The molecular weight excluding hydrogens is 427 g/mol. The number of amides is 4. The second-order valence-corrected chi connectivity index (χ2v) is 9.95. The van der Waals surface area contributed by atoms with Gasteiger partial charge < -0.3 is 15.4 Å². The number of carbonyl (C=O) groups is 2. The van der Waals surface area contributed by atoms with Gasteiger partial charge in [0.1, 0.15) is 6.17 Å². The highest BCUT2D eigenvalue weighted by molar-refractivity contribution is 7.89. The SMILES string of the molecule is C[C@@H](NS(=O)(=O)CCCCCC1NC(=O)NC(=O)N1)c1ccc(F)c(OCC2CC2)c1. The minimum absolute atomic E-state index is 0.0471. The molecule has 1 aromatic rings. The summed E-state index contributed by atoms with van der Waals surface area (Å²) in [4.78, 5) is 22.5. The van der Waals surface area contributed by atoms with Crippen LogP contribution in [0, 0.1) is 11.7 Å². The van der Waals surface area contributed by atoms with Crippen molar-refractivity contribution in [3.8, 4) is 5.75 Å². The molecule has 1 aliphatic heterocycles. The summed E-state index contributed by atoms with van der Waals surface area (Å²) in [5.41, 5.74) is 0.633. The van der Waals surface area contributed by atoms with Crippen LogP contribution in [0.1, 0.15) is 57.1 Å². The maximum atomic E-state index is 13.9. The Bertz CT molecular complexity index is 891. The third-order valence-electron chi connectivity index (χ3n) is 5.23. The van der Waals surface area contributed by atoms with E-state index in [1.165, 1.54) is 6.07 Å². The van der Waals surface area contributed by atoms with E-state index in [4.69, 9.17) is 4.74 Å². The Hall–Kier alpha value is -2.40. The van der Waals surface area contributed by atoms with Crippen LogP contribution in [-0.2, 0) is 10.0 Å². The Labute approximate surface area is 181 Å². The molecule has 2 aliphatic rings. The maximum absolute atomic E-state index is 13.9. The number of sulfonamides is 1. The summed E-state index contributed by atoms with van der Waals surface area (Å²) in [5, 5.41) is 7.22. The first kappa shape index (κ1) is 23.3. The van der Waals surface area contributed by atoms with Gasteiger partial charge in [0.2, 0.25) is 10.0 Å². The molecule has 1 saturated carbocycles. The summed E-state index contributed by atoms with van der Waals surface area (Å²) >= 11 is 0. The molecule has 1 saturated heterocycles. The van der Waals surface area contributed by atoms with Gasteiger partial charge in [-0.2, -0.15) is 0 Å². The Kier molecular flexibility index (Phi) is 7.71. The summed E-state index contributed by atoms with van der Waals surface area (Å²) in [6, 6.07) is 2.78. The van der Waals surface area contributed by atoms with E-state index in [1.54, 1.807) is 19.1 Å². The average Bonchev–Trinajstić information content (AvgIpc) is 3.50. The van der Waals surface area contributed by atoms with Gasteiger partial charge in [0.15, 0.2) is 11.6 Å². The first-order valence-electron chi connectivity index (χ1n) is 10.5. The zero-order valence-corrected chi connectivity index (χ0v) is 18.3. The smallest absolute Gasteiger partial charge is 0.324 e. The summed E-state index contributed by atoms with van der Waals surface area (Å²) < 4.78 is 46.9. The highest BCUT2D eigenvalue weighted by Gasteiger charge is 2.24. The molecule has 11 heteroatoms. The van der Waals surface area contributed by atoms with Crippen LogP contribution >= 0.6 is 0 Å². The average molecular weight is 457 g/mol. The zero-order valence-electron chi connectivity index (χ0n) is 17.4. The standard InChI is InChI=1S/C20H29FN4O5S/c1-13(15-8-9-16(21)17(11-15)30-12-14-6-7-14)25-31(28,29)10-4-2-3-5-18-22-19(26)24-20(27)23-18/h8-9,11,13-14,18,25H,2-7,10,12H2,1H3,(H3,22,23,24,26,27)/t13-/m1/s1. The van der Waals surface area contributed by atoms with Crippen molar-refractivity contribution in [2.24, 2.45) is 5.92 Å². The molecule has 0 bridgehead atoms. The number of urea groups is 2. The fourth-order valence-corrected chi connectivity index (χ4v) is 4.65. The fourth-order valence-electron chi connectivity index (χ4n) is 3.28. The van der Waals surface area contributed by atoms with E-state index in [0.717, 1.165) is 12.8 Å². The largest absolute Gasteiger partial charge is 0.490 e. The van der Waals surface area contributed by atoms with Crippen molar-refractivity contribution in [2.45, 2.75) is 57.7 Å². The van der Waals surface area contributed by atoms with E-state index >= 15 is 0 Å². The third kappa shape index (κ3) is 7.66. The number of nitrogens with one attached hydrogen (secondary N) is 4. The Balaban J connectivity index is 1.40. The van der Waals surface area contributed by atoms with Gasteiger partial charge >= 0.3 is 12.1 Å². The Morgan fingerprint density at radius 3 is 2.55 bits per heavy atom. The van der Waals surface area contributed by atoms with Crippen molar-refractivity contribution >= 4 is 22.1 Å². The molecule has 31 heavy (non-hydrogen) atoms. The van der Waals surface area contributed by atoms with Crippen molar-refractivity contribution in [2.75, 3.05) is 12.4 Å². The van der Waals surface area contributed by atoms with Gasteiger partial charge in [-0.15, -0.1) is 0 Å². The molecule has 9 nitrogen and oxygen atoms in total. The first-order valence-corrected chi connectivity index (χ1v) is 12.2. The minimum atomic E-state index is -3.52. The molecule has 0 unspecified atom stereocenters. The van der Waals surface area contributed by atoms with Crippen LogP contribution in [0.25, 0.3) is 0 Å². The molecule has 1 aromatic carbocycles. The summed E-state index contributed by atoms with van der Waals surface area (Å²) in [5.74, 6) is 0.128. The number of halogens is 1. The molecule has 4 N–H and O–H groups in total. The topological polar surface area (TPSA) is 126 Å². The second-order valence-electron chi connectivity index (χ2n) is 8.08. The molecule has 4 amide bonds. The van der Waals surface area contributed by atoms with Crippen molar-refractivity contribution in [1.82, 2.24) is 20.7 Å². The van der Waals surface area contributed by atoms with Crippen molar-refractivity contribution in [3.05, 3.63) is 29.6 Å². The molecule has 0 spiro atoms. The second kappa shape index (κ2) is 10.3. The molecule has 3 rings (SSSR count). The number of imide groups is 1. The van der Waals surface area contributed by atoms with Gasteiger partial charge in [-0.25, -0.2) is 27.1 Å². The molecule has 1 aliphatic carbocycles. The van der Waals surface area contributed by atoms with Crippen molar-refractivity contribution in [1.29, 1.82) is 0 Å². The quantitative estimate of drug-likeness (QED) is 0.360. The predicted molar refractivity (Wildman–Crippen MR) is 112 cm³/mol. The van der Waals surface area contributed by atoms with Crippen LogP contribution in [0.4, 0.5) is 14.0 Å². The highest BCUT2D eigenvalue weighted by atomic mass is 32.2. The molecule has 1 heterocycles. The normalized spacial score (nSPS) is 18.1. The minimum Gasteiger partial charge on any atom is -0.490 e. The number of unbranched alkanes of at least 4 members (excludes halogenated alkanes) is 2. The Morgan fingerprint density at radius 2 is 1.87 bits per heavy atom. The van der Waals surface area contributed by atoms with E-state index in [0.29, 0.717) is 43.8 Å². The van der Waals surface area contributed by atoms with Crippen LogP contribution in [0.3, 0.4) is 0 Å². The lowest BCUT2D eigenvalue weighted by molar-refractivity contribution is 0.207.